The monoisotopic (exact) mass is 309 g/mol. The molecule has 0 N–H and O–H groups in total. The van der Waals surface area contributed by atoms with Crippen LogP contribution in [0.3, 0.4) is 0 Å². The van der Waals surface area contributed by atoms with E-state index in [0.717, 1.165) is 6.16 Å². The first-order chi connectivity index (χ1) is 10.7. The third-order valence-corrected chi connectivity index (χ3v) is 7.94. The summed E-state index contributed by atoms with van der Waals surface area (Å²) in [4.78, 5) is 0. The minimum absolute atomic E-state index is 0.178. The molecule has 0 aliphatic heterocycles. The van der Waals surface area contributed by atoms with E-state index in [1.165, 1.54) is 16.2 Å². The standard InChI is InChI=1S/C20H19FP/c1-22(19-8-4-2-5-9-19,20-10-6-3-7-11-20)16-17-12-14-18(21)15-13-17/h2-15H,16H2,1H3/q+1. The highest BCUT2D eigenvalue weighted by atomic mass is 31.2. The Labute approximate surface area is 132 Å². The van der Waals surface area contributed by atoms with Crippen LogP contribution < -0.4 is 10.6 Å². The van der Waals surface area contributed by atoms with E-state index in [2.05, 4.69) is 67.3 Å². The number of rotatable bonds is 4. The fraction of sp³-hybridized carbons (Fsp3) is 0.100. The molecule has 0 saturated heterocycles. The second kappa shape index (κ2) is 6.42. The molecule has 0 bridgehead atoms. The van der Waals surface area contributed by atoms with Crippen LogP contribution in [0.4, 0.5) is 4.39 Å². The molecule has 0 spiro atoms. The van der Waals surface area contributed by atoms with E-state index in [-0.39, 0.29) is 5.82 Å². The molecule has 0 radical (unpaired) electrons. The van der Waals surface area contributed by atoms with Crippen LogP contribution in [-0.2, 0) is 6.16 Å². The van der Waals surface area contributed by atoms with Crippen LogP contribution in [0.2, 0.25) is 0 Å². The minimum Gasteiger partial charge on any atom is -0.207 e. The zero-order valence-corrected chi connectivity index (χ0v) is 13.5. The molecule has 0 aliphatic rings. The van der Waals surface area contributed by atoms with E-state index in [1.807, 2.05) is 12.1 Å². The van der Waals surface area contributed by atoms with Crippen molar-refractivity contribution in [1.82, 2.24) is 0 Å². The Balaban J connectivity index is 2.05. The molecule has 0 saturated carbocycles. The Kier molecular flexibility index (Phi) is 4.36. The largest absolute Gasteiger partial charge is 0.207 e. The van der Waals surface area contributed by atoms with Gasteiger partial charge in [-0.2, -0.15) is 0 Å². The smallest absolute Gasteiger partial charge is 0.123 e. The molecule has 22 heavy (non-hydrogen) atoms. The molecule has 0 nitrogen and oxygen atoms in total. The van der Waals surface area contributed by atoms with Gasteiger partial charge in [-0.15, -0.1) is 0 Å². The first-order valence-corrected chi connectivity index (χ1v) is 9.82. The summed E-state index contributed by atoms with van der Waals surface area (Å²) in [5, 5.41) is 2.76. The van der Waals surface area contributed by atoms with Crippen LogP contribution in [0.1, 0.15) is 5.56 Å². The maximum atomic E-state index is 13.2. The number of halogens is 1. The molecule has 3 rings (SSSR count). The summed E-state index contributed by atoms with van der Waals surface area (Å²) >= 11 is 0. The molecule has 3 aromatic carbocycles. The lowest BCUT2D eigenvalue weighted by atomic mass is 10.2. The topological polar surface area (TPSA) is 0 Å². The lowest BCUT2D eigenvalue weighted by molar-refractivity contribution is 0.627. The van der Waals surface area contributed by atoms with Crippen molar-refractivity contribution in [3.63, 3.8) is 0 Å². The Morgan fingerprint density at radius 2 is 1.14 bits per heavy atom. The van der Waals surface area contributed by atoms with Crippen LogP contribution in [-0.4, -0.2) is 6.66 Å². The molecular formula is C20H19FP+. The van der Waals surface area contributed by atoms with Gasteiger partial charge in [0.05, 0.1) is 30.7 Å². The molecule has 0 atom stereocenters. The van der Waals surface area contributed by atoms with Gasteiger partial charge in [0.15, 0.2) is 0 Å². The SMILES string of the molecule is C[P+](Cc1ccc(F)cc1)(c1ccccc1)c1ccccc1. The zero-order valence-electron chi connectivity index (χ0n) is 12.6. The van der Waals surface area contributed by atoms with Gasteiger partial charge in [0.1, 0.15) is 5.82 Å². The first kappa shape index (κ1) is 14.9. The van der Waals surface area contributed by atoms with Crippen LogP contribution in [0, 0.1) is 5.82 Å². The maximum absolute atomic E-state index is 13.2. The summed E-state index contributed by atoms with van der Waals surface area (Å²) in [6, 6.07) is 28.3. The molecule has 0 amide bonds. The normalized spacial score (nSPS) is 11.4. The van der Waals surface area contributed by atoms with Gasteiger partial charge in [0.2, 0.25) is 0 Å². The lowest BCUT2D eigenvalue weighted by Gasteiger charge is -2.23. The van der Waals surface area contributed by atoms with E-state index in [4.69, 9.17) is 0 Å². The summed E-state index contributed by atoms with van der Waals surface area (Å²) in [5.41, 5.74) is 1.19. The highest BCUT2D eigenvalue weighted by molar-refractivity contribution is 7.88. The minimum atomic E-state index is -1.53. The lowest BCUT2D eigenvalue weighted by Crippen LogP contribution is -2.22. The van der Waals surface area contributed by atoms with Gasteiger partial charge in [-0.25, -0.2) is 4.39 Å². The van der Waals surface area contributed by atoms with Gasteiger partial charge in [0, 0.05) is 0 Å². The van der Waals surface area contributed by atoms with Gasteiger partial charge >= 0.3 is 0 Å². The summed E-state index contributed by atoms with van der Waals surface area (Å²) in [5.74, 6) is -0.178. The molecule has 2 heteroatoms. The van der Waals surface area contributed by atoms with Gasteiger partial charge in [-0.1, -0.05) is 48.5 Å². The molecule has 110 valence electrons. The van der Waals surface area contributed by atoms with Crippen LogP contribution in [0.25, 0.3) is 0 Å². The average molecular weight is 309 g/mol. The number of hydrogen-bond acceptors (Lipinski definition) is 0. The molecule has 0 unspecified atom stereocenters. The molecule has 3 aromatic rings. The molecule has 0 aliphatic carbocycles. The molecule has 0 heterocycles. The summed E-state index contributed by atoms with van der Waals surface area (Å²) in [7, 11) is -1.53. The van der Waals surface area contributed by atoms with Gasteiger partial charge in [-0.05, 0) is 42.0 Å². The summed E-state index contributed by atoms with van der Waals surface area (Å²) < 4.78 is 13.2. The summed E-state index contributed by atoms with van der Waals surface area (Å²) in [6.45, 7) is 2.36. The van der Waals surface area contributed by atoms with Crippen LogP contribution in [0.15, 0.2) is 84.9 Å². The number of hydrogen-bond donors (Lipinski definition) is 0. The van der Waals surface area contributed by atoms with Crippen molar-refractivity contribution in [2.24, 2.45) is 0 Å². The fourth-order valence-electron chi connectivity index (χ4n) is 2.80. The van der Waals surface area contributed by atoms with Crippen molar-refractivity contribution >= 4 is 17.9 Å². The molecule has 0 aromatic heterocycles. The second-order valence-corrected chi connectivity index (χ2v) is 9.38. The van der Waals surface area contributed by atoms with E-state index in [9.17, 15) is 4.39 Å². The molecule has 0 fully saturated rings. The molecular weight excluding hydrogens is 290 g/mol. The predicted octanol–water partition coefficient (Wildman–Crippen LogP) is 4.62. The van der Waals surface area contributed by atoms with Crippen molar-refractivity contribution in [3.05, 3.63) is 96.3 Å². The van der Waals surface area contributed by atoms with E-state index in [0.29, 0.717) is 0 Å². The quantitative estimate of drug-likeness (QED) is 0.617. The zero-order chi connectivity index (χ0) is 15.4. The fourth-order valence-corrected chi connectivity index (χ4v) is 6.07. The van der Waals surface area contributed by atoms with E-state index < -0.39 is 7.26 Å². The van der Waals surface area contributed by atoms with E-state index in [1.54, 1.807) is 12.1 Å². The van der Waals surface area contributed by atoms with Crippen molar-refractivity contribution in [3.8, 4) is 0 Å². The summed E-state index contributed by atoms with van der Waals surface area (Å²) in [6.07, 6.45) is 0.946. The average Bonchev–Trinajstić information content (AvgIpc) is 2.58. The Morgan fingerprint density at radius 1 is 0.682 bits per heavy atom. The highest BCUT2D eigenvalue weighted by Gasteiger charge is 2.37. The maximum Gasteiger partial charge on any atom is 0.123 e. The van der Waals surface area contributed by atoms with Crippen LogP contribution >= 0.6 is 7.26 Å². The number of benzene rings is 3. The highest BCUT2D eigenvalue weighted by Crippen LogP contribution is 2.55. The Hall–Kier alpha value is -1.98. The van der Waals surface area contributed by atoms with Crippen molar-refractivity contribution in [2.45, 2.75) is 6.16 Å². The second-order valence-electron chi connectivity index (χ2n) is 5.65. The Morgan fingerprint density at radius 3 is 1.59 bits per heavy atom. The van der Waals surface area contributed by atoms with Crippen molar-refractivity contribution < 1.29 is 4.39 Å². The van der Waals surface area contributed by atoms with Crippen molar-refractivity contribution in [2.75, 3.05) is 6.66 Å². The van der Waals surface area contributed by atoms with Gasteiger partial charge < -0.3 is 0 Å². The van der Waals surface area contributed by atoms with Crippen molar-refractivity contribution in [1.29, 1.82) is 0 Å². The third-order valence-electron chi connectivity index (χ3n) is 4.06. The van der Waals surface area contributed by atoms with Gasteiger partial charge in [0.25, 0.3) is 0 Å². The van der Waals surface area contributed by atoms with Gasteiger partial charge in [-0.3, -0.25) is 0 Å². The third kappa shape index (κ3) is 3.10. The van der Waals surface area contributed by atoms with E-state index >= 15 is 0 Å². The Bertz CT molecular complexity index is 681. The predicted molar refractivity (Wildman–Crippen MR) is 95.1 cm³/mol. The first-order valence-electron chi connectivity index (χ1n) is 7.40. The van der Waals surface area contributed by atoms with Crippen LogP contribution in [0.5, 0.6) is 0 Å².